The maximum atomic E-state index is 12.9. The molecule has 29 heavy (non-hydrogen) atoms. The van der Waals surface area contributed by atoms with Crippen LogP contribution in [0, 0.1) is 5.92 Å². The van der Waals surface area contributed by atoms with Crippen molar-refractivity contribution in [3.8, 4) is 5.75 Å². The number of carbonyl (C=O) groups excluding carboxylic acids is 2. The Morgan fingerprint density at radius 2 is 1.76 bits per heavy atom. The van der Waals surface area contributed by atoms with Crippen molar-refractivity contribution in [3.63, 3.8) is 0 Å². The molecule has 0 aromatic heterocycles. The van der Waals surface area contributed by atoms with Gasteiger partial charge in [-0.05, 0) is 36.5 Å². The number of hydrogen-bond donors (Lipinski definition) is 1. The number of carbonyl (C=O) groups is 2. The van der Waals surface area contributed by atoms with Crippen LogP contribution in [0.5, 0.6) is 5.75 Å². The summed E-state index contributed by atoms with van der Waals surface area (Å²) in [4.78, 5) is 26.8. The van der Waals surface area contributed by atoms with Gasteiger partial charge < -0.3 is 15.0 Å². The molecule has 5 heteroatoms. The zero-order valence-corrected chi connectivity index (χ0v) is 16.7. The minimum Gasteiger partial charge on any atom is -0.482 e. The number of amides is 2. The maximum absolute atomic E-state index is 12.9. The Balaban J connectivity index is 1.43. The highest BCUT2D eigenvalue weighted by atomic mass is 16.5. The Morgan fingerprint density at radius 3 is 2.55 bits per heavy atom. The molecule has 1 heterocycles. The van der Waals surface area contributed by atoms with Crippen LogP contribution in [0.2, 0.25) is 0 Å². The Labute approximate surface area is 172 Å². The Kier molecular flexibility index (Phi) is 6.13. The molecule has 0 radical (unpaired) electrons. The third-order valence-corrected chi connectivity index (χ3v) is 5.97. The average Bonchev–Trinajstić information content (AvgIpc) is 2.78. The fraction of sp³-hybridized carbons (Fsp3) is 0.417. The fourth-order valence-electron chi connectivity index (χ4n) is 4.46. The van der Waals surface area contributed by atoms with Crippen LogP contribution in [0.3, 0.4) is 0 Å². The van der Waals surface area contributed by atoms with Crippen molar-refractivity contribution in [2.75, 3.05) is 18.1 Å². The van der Waals surface area contributed by atoms with Crippen LogP contribution in [0.25, 0.3) is 0 Å². The molecule has 0 saturated heterocycles. The van der Waals surface area contributed by atoms with E-state index in [1.807, 2.05) is 42.5 Å². The molecule has 2 aromatic rings. The van der Waals surface area contributed by atoms with Crippen molar-refractivity contribution in [2.45, 2.75) is 44.6 Å². The summed E-state index contributed by atoms with van der Waals surface area (Å²) in [7, 11) is 0. The van der Waals surface area contributed by atoms with E-state index in [0.717, 1.165) is 18.5 Å². The van der Waals surface area contributed by atoms with Crippen LogP contribution in [0.15, 0.2) is 54.6 Å². The van der Waals surface area contributed by atoms with Crippen molar-refractivity contribution in [1.29, 1.82) is 0 Å². The van der Waals surface area contributed by atoms with E-state index in [9.17, 15) is 9.59 Å². The summed E-state index contributed by atoms with van der Waals surface area (Å²) in [6.07, 6.45) is 6.30. The van der Waals surface area contributed by atoms with Gasteiger partial charge in [0.1, 0.15) is 5.75 Å². The Bertz CT molecular complexity index is 846. The summed E-state index contributed by atoms with van der Waals surface area (Å²) in [6, 6.07) is 17.8. The van der Waals surface area contributed by atoms with E-state index in [0.29, 0.717) is 18.2 Å². The summed E-state index contributed by atoms with van der Waals surface area (Å²) in [5.74, 6) is 1.04. The molecule has 0 spiro atoms. The summed E-state index contributed by atoms with van der Waals surface area (Å²) in [5.41, 5.74) is 1.91. The molecule has 1 fully saturated rings. The van der Waals surface area contributed by atoms with Crippen molar-refractivity contribution in [2.24, 2.45) is 5.92 Å². The van der Waals surface area contributed by atoms with E-state index in [1.54, 1.807) is 4.90 Å². The molecule has 1 saturated carbocycles. The zero-order valence-electron chi connectivity index (χ0n) is 16.7. The summed E-state index contributed by atoms with van der Waals surface area (Å²) >= 11 is 0. The van der Waals surface area contributed by atoms with Gasteiger partial charge in [-0.3, -0.25) is 9.59 Å². The molecule has 2 amide bonds. The minimum absolute atomic E-state index is 0.0128. The highest BCUT2D eigenvalue weighted by molar-refractivity contribution is 5.98. The van der Waals surface area contributed by atoms with Gasteiger partial charge in [0.2, 0.25) is 5.91 Å². The number of rotatable bonds is 6. The predicted molar refractivity (Wildman–Crippen MR) is 113 cm³/mol. The van der Waals surface area contributed by atoms with Crippen LogP contribution < -0.4 is 15.0 Å². The SMILES string of the molecule is O=C(CCN1C(=O)COc2ccccc21)NC(c1ccccc1)C1CCCCC1. The second-order valence-electron chi connectivity index (χ2n) is 7.91. The highest BCUT2D eigenvalue weighted by Crippen LogP contribution is 2.35. The van der Waals surface area contributed by atoms with Crippen LogP contribution in [0.4, 0.5) is 5.69 Å². The third kappa shape index (κ3) is 4.61. The second kappa shape index (κ2) is 9.12. The topological polar surface area (TPSA) is 58.6 Å². The first kappa shape index (κ1) is 19.5. The second-order valence-corrected chi connectivity index (χ2v) is 7.91. The van der Waals surface area contributed by atoms with Crippen molar-refractivity contribution >= 4 is 17.5 Å². The molecule has 1 unspecified atom stereocenters. The number of fused-ring (bicyclic) bond motifs is 1. The van der Waals surface area contributed by atoms with Gasteiger partial charge in [0.15, 0.2) is 6.61 Å². The number of benzene rings is 2. The van der Waals surface area contributed by atoms with Crippen LogP contribution in [0.1, 0.15) is 50.1 Å². The van der Waals surface area contributed by atoms with Gasteiger partial charge in [-0.25, -0.2) is 0 Å². The van der Waals surface area contributed by atoms with Crippen molar-refractivity contribution in [1.82, 2.24) is 5.32 Å². The lowest BCUT2D eigenvalue weighted by Gasteiger charge is -2.32. The Hall–Kier alpha value is -2.82. The monoisotopic (exact) mass is 392 g/mol. The number of nitrogens with one attached hydrogen (secondary N) is 1. The number of para-hydroxylation sites is 2. The molecule has 2 aromatic carbocycles. The lowest BCUT2D eigenvalue weighted by molar-refractivity contribution is -0.122. The fourth-order valence-corrected chi connectivity index (χ4v) is 4.46. The largest absolute Gasteiger partial charge is 0.482 e. The molecule has 1 aliphatic heterocycles. The molecule has 152 valence electrons. The van der Waals surface area contributed by atoms with E-state index >= 15 is 0 Å². The normalized spacial score (nSPS) is 17.9. The van der Waals surface area contributed by atoms with Gasteiger partial charge in [-0.2, -0.15) is 0 Å². The van der Waals surface area contributed by atoms with Crippen LogP contribution >= 0.6 is 0 Å². The van der Waals surface area contributed by atoms with Gasteiger partial charge in [0, 0.05) is 13.0 Å². The first-order valence-corrected chi connectivity index (χ1v) is 10.6. The minimum atomic E-state index is -0.108. The average molecular weight is 392 g/mol. The van der Waals surface area contributed by atoms with Crippen LogP contribution in [-0.2, 0) is 9.59 Å². The third-order valence-electron chi connectivity index (χ3n) is 5.97. The number of nitrogens with zero attached hydrogens (tertiary/aromatic N) is 1. The van der Waals surface area contributed by atoms with Crippen molar-refractivity contribution in [3.05, 3.63) is 60.2 Å². The highest BCUT2D eigenvalue weighted by Gasteiger charge is 2.28. The van der Waals surface area contributed by atoms with E-state index in [2.05, 4.69) is 17.4 Å². The van der Waals surface area contributed by atoms with Gasteiger partial charge >= 0.3 is 0 Å². The first-order valence-electron chi connectivity index (χ1n) is 10.6. The quantitative estimate of drug-likeness (QED) is 0.800. The Morgan fingerprint density at radius 1 is 1.03 bits per heavy atom. The lowest BCUT2D eigenvalue weighted by atomic mass is 9.81. The molecule has 4 rings (SSSR count). The number of hydrogen-bond acceptors (Lipinski definition) is 3. The standard InChI is InChI=1S/C24H28N2O3/c27-22(15-16-26-20-13-7-8-14-21(20)29-17-23(26)28)25-24(18-9-3-1-4-10-18)19-11-5-2-6-12-19/h1,3-4,7-10,13-14,19,24H,2,5-6,11-12,15-17H2,(H,25,27). The number of anilines is 1. The van der Waals surface area contributed by atoms with Gasteiger partial charge in [-0.15, -0.1) is 0 Å². The van der Waals surface area contributed by atoms with Gasteiger partial charge in [0.25, 0.3) is 5.91 Å². The predicted octanol–water partition coefficient (Wildman–Crippen LogP) is 4.24. The van der Waals surface area contributed by atoms with Gasteiger partial charge in [0.05, 0.1) is 11.7 Å². The number of ether oxygens (including phenoxy) is 1. The van der Waals surface area contributed by atoms with E-state index in [-0.39, 0.29) is 30.9 Å². The first-order chi connectivity index (χ1) is 14.2. The molecule has 2 aliphatic rings. The molecule has 0 bridgehead atoms. The molecule has 5 nitrogen and oxygen atoms in total. The maximum Gasteiger partial charge on any atom is 0.265 e. The van der Waals surface area contributed by atoms with Gasteiger partial charge in [-0.1, -0.05) is 61.7 Å². The molecular weight excluding hydrogens is 364 g/mol. The molecule has 1 atom stereocenters. The molecule has 1 aliphatic carbocycles. The molecule has 1 N–H and O–H groups in total. The summed E-state index contributed by atoms with van der Waals surface area (Å²) in [6.45, 7) is 0.380. The zero-order chi connectivity index (χ0) is 20.1. The van der Waals surface area contributed by atoms with E-state index in [1.165, 1.54) is 24.8 Å². The summed E-state index contributed by atoms with van der Waals surface area (Å²) in [5, 5.41) is 3.27. The summed E-state index contributed by atoms with van der Waals surface area (Å²) < 4.78 is 5.48. The van der Waals surface area contributed by atoms with Crippen LogP contribution in [-0.4, -0.2) is 25.0 Å². The molecular formula is C24H28N2O3. The van der Waals surface area contributed by atoms with Crippen molar-refractivity contribution < 1.29 is 14.3 Å². The van der Waals surface area contributed by atoms with E-state index < -0.39 is 0 Å². The van der Waals surface area contributed by atoms with E-state index in [4.69, 9.17) is 4.74 Å². The smallest absolute Gasteiger partial charge is 0.265 e. The lowest BCUT2D eigenvalue weighted by Crippen LogP contribution is -2.42.